The predicted octanol–water partition coefficient (Wildman–Crippen LogP) is 1.90. The summed E-state index contributed by atoms with van der Waals surface area (Å²) in [6.07, 6.45) is 2.53. The normalized spacial score (nSPS) is 25.5. The second-order valence-corrected chi connectivity index (χ2v) is 6.99. The lowest BCUT2D eigenvalue weighted by Crippen LogP contribution is -2.62. The molecular formula is C19H27NO5. The molecule has 1 saturated heterocycles. The molecule has 1 aromatic rings. The number of aliphatic hydroxyl groups is 1. The van der Waals surface area contributed by atoms with Crippen LogP contribution in [0.2, 0.25) is 0 Å². The highest BCUT2D eigenvalue weighted by molar-refractivity contribution is 5.68. The first-order chi connectivity index (χ1) is 12.0. The number of hydrogen-bond acceptors (Lipinski definition) is 5. The van der Waals surface area contributed by atoms with Crippen molar-refractivity contribution >= 4 is 5.97 Å². The highest BCUT2D eigenvalue weighted by atomic mass is 16.5. The molecule has 25 heavy (non-hydrogen) atoms. The van der Waals surface area contributed by atoms with E-state index in [1.54, 1.807) is 0 Å². The molecule has 138 valence electrons. The number of nitrogens with zero attached hydrogens (tertiary/aromatic N) is 1. The highest BCUT2D eigenvalue weighted by Gasteiger charge is 2.55. The van der Waals surface area contributed by atoms with Gasteiger partial charge < -0.3 is 19.7 Å². The molecule has 1 aromatic carbocycles. The monoisotopic (exact) mass is 349 g/mol. The summed E-state index contributed by atoms with van der Waals surface area (Å²) < 4.78 is 11.2. The van der Waals surface area contributed by atoms with Crippen molar-refractivity contribution in [1.82, 2.24) is 4.90 Å². The molecule has 2 N–H and O–H groups in total. The van der Waals surface area contributed by atoms with E-state index in [0.29, 0.717) is 12.4 Å². The van der Waals surface area contributed by atoms with Crippen molar-refractivity contribution in [3.63, 3.8) is 0 Å². The molecule has 1 spiro atoms. The van der Waals surface area contributed by atoms with Crippen LogP contribution in [0, 0.1) is 5.41 Å². The van der Waals surface area contributed by atoms with E-state index in [1.807, 2.05) is 31.2 Å². The average molecular weight is 349 g/mol. The summed E-state index contributed by atoms with van der Waals surface area (Å²) >= 11 is 0. The van der Waals surface area contributed by atoms with Crippen LogP contribution in [0.15, 0.2) is 24.3 Å². The third-order valence-corrected chi connectivity index (χ3v) is 5.61. The highest BCUT2D eigenvalue weighted by Crippen LogP contribution is 2.51. The molecule has 1 aliphatic heterocycles. The van der Waals surface area contributed by atoms with Crippen molar-refractivity contribution in [3.8, 4) is 5.75 Å². The molecule has 2 atom stereocenters. The molecule has 2 aliphatic rings. The van der Waals surface area contributed by atoms with Crippen molar-refractivity contribution in [3.05, 3.63) is 29.8 Å². The fraction of sp³-hybridized carbons (Fsp3) is 0.632. The molecule has 1 heterocycles. The Balaban J connectivity index is 1.58. The minimum Gasteiger partial charge on any atom is -0.482 e. The Hall–Kier alpha value is -1.63. The van der Waals surface area contributed by atoms with Gasteiger partial charge in [0, 0.05) is 30.6 Å². The summed E-state index contributed by atoms with van der Waals surface area (Å²) in [6.45, 7) is 4.88. The molecule has 1 saturated carbocycles. The Bertz CT molecular complexity index is 595. The van der Waals surface area contributed by atoms with Gasteiger partial charge in [-0.1, -0.05) is 18.2 Å². The first-order valence-corrected chi connectivity index (χ1v) is 8.99. The number of rotatable bonds is 7. The number of aliphatic hydroxyl groups excluding tert-OH is 1. The zero-order valence-corrected chi connectivity index (χ0v) is 14.7. The zero-order chi connectivity index (χ0) is 17.9. The smallest absolute Gasteiger partial charge is 0.341 e. The van der Waals surface area contributed by atoms with Crippen LogP contribution in [-0.4, -0.2) is 59.6 Å². The number of aliphatic carboxylic acids is 1. The molecule has 1 aliphatic carbocycles. The molecular weight excluding hydrogens is 322 g/mol. The SMILES string of the molecule is CCOC1CC(O)C12CCN(Cc1ccccc1OCC(=O)O)CC2. The Labute approximate surface area is 148 Å². The van der Waals surface area contributed by atoms with E-state index in [0.717, 1.165) is 44.5 Å². The average Bonchev–Trinajstić information content (AvgIpc) is 2.61. The van der Waals surface area contributed by atoms with Gasteiger partial charge in [0.25, 0.3) is 0 Å². The van der Waals surface area contributed by atoms with Gasteiger partial charge in [-0.25, -0.2) is 4.79 Å². The Kier molecular flexibility index (Phi) is 5.61. The zero-order valence-electron chi connectivity index (χ0n) is 14.7. The van der Waals surface area contributed by atoms with Gasteiger partial charge in [-0.2, -0.15) is 0 Å². The molecule has 0 aromatic heterocycles. The van der Waals surface area contributed by atoms with Gasteiger partial charge in [0.2, 0.25) is 0 Å². The van der Waals surface area contributed by atoms with E-state index in [4.69, 9.17) is 14.6 Å². The Morgan fingerprint density at radius 3 is 2.68 bits per heavy atom. The molecule has 2 fully saturated rings. The fourth-order valence-electron chi connectivity index (χ4n) is 4.10. The molecule has 6 nitrogen and oxygen atoms in total. The van der Waals surface area contributed by atoms with Crippen LogP contribution in [0.3, 0.4) is 0 Å². The van der Waals surface area contributed by atoms with E-state index in [-0.39, 0.29) is 24.2 Å². The maximum absolute atomic E-state index is 10.7. The standard InChI is InChI=1S/C19H27NO5/c1-2-24-17-11-16(21)19(17)7-9-20(10-8-19)12-14-5-3-4-6-15(14)25-13-18(22)23/h3-6,16-17,21H,2,7-13H2,1H3,(H,22,23). The third-order valence-electron chi connectivity index (χ3n) is 5.61. The van der Waals surface area contributed by atoms with Crippen molar-refractivity contribution in [1.29, 1.82) is 0 Å². The molecule has 0 amide bonds. The van der Waals surface area contributed by atoms with Gasteiger partial charge in [0.05, 0.1) is 12.2 Å². The number of para-hydroxylation sites is 1. The molecule has 0 radical (unpaired) electrons. The van der Waals surface area contributed by atoms with E-state index in [2.05, 4.69) is 4.90 Å². The number of carboxylic acid groups (broad SMARTS) is 1. The van der Waals surface area contributed by atoms with Crippen LogP contribution in [0.1, 0.15) is 31.7 Å². The summed E-state index contributed by atoms with van der Waals surface area (Å²) in [5.41, 5.74) is 0.918. The van der Waals surface area contributed by atoms with Crippen molar-refractivity contribution in [2.45, 2.75) is 44.9 Å². The summed E-state index contributed by atoms with van der Waals surface area (Å²) in [7, 11) is 0. The fourth-order valence-corrected chi connectivity index (χ4v) is 4.10. The maximum Gasteiger partial charge on any atom is 0.341 e. The molecule has 2 unspecified atom stereocenters. The maximum atomic E-state index is 10.7. The topological polar surface area (TPSA) is 79.2 Å². The summed E-state index contributed by atoms with van der Waals surface area (Å²) in [4.78, 5) is 13.1. The van der Waals surface area contributed by atoms with Crippen LogP contribution >= 0.6 is 0 Å². The quantitative estimate of drug-likeness (QED) is 0.783. The van der Waals surface area contributed by atoms with Crippen molar-refractivity contribution < 1.29 is 24.5 Å². The van der Waals surface area contributed by atoms with Crippen LogP contribution in [0.5, 0.6) is 5.75 Å². The van der Waals surface area contributed by atoms with Gasteiger partial charge >= 0.3 is 5.97 Å². The first kappa shape index (κ1) is 18.2. The number of carbonyl (C=O) groups is 1. The van der Waals surface area contributed by atoms with E-state index in [1.165, 1.54) is 0 Å². The summed E-state index contributed by atoms with van der Waals surface area (Å²) in [6, 6.07) is 7.58. The summed E-state index contributed by atoms with van der Waals surface area (Å²) in [5.74, 6) is -0.350. The minimum absolute atomic E-state index is 0.0775. The van der Waals surface area contributed by atoms with Gasteiger partial charge in [0.1, 0.15) is 5.75 Å². The minimum atomic E-state index is -0.976. The largest absolute Gasteiger partial charge is 0.482 e. The number of benzene rings is 1. The lowest BCUT2D eigenvalue weighted by molar-refractivity contribution is -0.209. The van der Waals surface area contributed by atoms with E-state index >= 15 is 0 Å². The first-order valence-electron chi connectivity index (χ1n) is 8.99. The van der Waals surface area contributed by atoms with Crippen LogP contribution in [0.25, 0.3) is 0 Å². The van der Waals surface area contributed by atoms with Gasteiger partial charge in [-0.05, 0) is 38.9 Å². The summed E-state index contributed by atoms with van der Waals surface area (Å²) in [5, 5.41) is 19.1. The number of ether oxygens (including phenoxy) is 2. The molecule has 6 heteroatoms. The molecule has 0 bridgehead atoms. The van der Waals surface area contributed by atoms with Gasteiger partial charge in [-0.3, -0.25) is 4.90 Å². The second kappa shape index (κ2) is 7.72. The third kappa shape index (κ3) is 3.81. The molecule has 3 rings (SSSR count). The van der Waals surface area contributed by atoms with Crippen LogP contribution < -0.4 is 4.74 Å². The van der Waals surface area contributed by atoms with Crippen molar-refractivity contribution in [2.75, 3.05) is 26.3 Å². The number of likely N-dealkylation sites (tertiary alicyclic amines) is 1. The van der Waals surface area contributed by atoms with Gasteiger partial charge in [-0.15, -0.1) is 0 Å². The van der Waals surface area contributed by atoms with Crippen LogP contribution in [0.4, 0.5) is 0 Å². The Morgan fingerprint density at radius 1 is 1.32 bits per heavy atom. The van der Waals surface area contributed by atoms with E-state index < -0.39 is 5.97 Å². The van der Waals surface area contributed by atoms with Gasteiger partial charge in [0.15, 0.2) is 6.61 Å². The number of piperidine rings is 1. The number of hydrogen-bond donors (Lipinski definition) is 2. The number of carboxylic acids is 1. The Morgan fingerprint density at radius 2 is 2.04 bits per heavy atom. The lowest BCUT2D eigenvalue weighted by Gasteiger charge is -2.56. The van der Waals surface area contributed by atoms with E-state index in [9.17, 15) is 9.90 Å². The van der Waals surface area contributed by atoms with Crippen LogP contribution in [-0.2, 0) is 16.1 Å². The van der Waals surface area contributed by atoms with Crippen molar-refractivity contribution in [2.24, 2.45) is 5.41 Å². The predicted molar refractivity (Wildman–Crippen MR) is 92.6 cm³/mol. The lowest BCUT2D eigenvalue weighted by atomic mass is 9.58. The second-order valence-electron chi connectivity index (χ2n) is 6.99.